The second-order valence-electron chi connectivity index (χ2n) is 10.4. The number of nitrogens with two attached hydrogens (primary N) is 2. The topological polar surface area (TPSA) is 168 Å². The summed E-state index contributed by atoms with van der Waals surface area (Å²) in [5.74, 6) is -2.66. The maximum atomic E-state index is 14.1. The molecule has 2 aromatic rings. The van der Waals surface area contributed by atoms with E-state index in [0.717, 1.165) is 10.5 Å². The summed E-state index contributed by atoms with van der Waals surface area (Å²) in [6.45, 7) is 4.11. The minimum atomic E-state index is -1.16. The van der Waals surface area contributed by atoms with Crippen molar-refractivity contribution in [2.75, 3.05) is 6.54 Å². The molecule has 3 rings (SSSR count). The number of nitrogens with one attached hydrogen (secondary N) is 2. The van der Waals surface area contributed by atoms with Crippen LogP contribution in [0.5, 0.6) is 5.75 Å². The van der Waals surface area contributed by atoms with Gasteiger partial charge in [0.25, 0.3) is 5.91 Å². The second-order valence-corrected chi connectivity index (χ2v) is 10.4. The number of unbranched alkanes of at least 4 members (excludes halogenated alkanes) is 1. The monoisotopic (exact) mass is 551 g/mol. The van der Waals surface area contributed by atoms with Crippen molar-refractivity contribution in [2.24, 2.45) is 17.4 Å². The Bertz CT molecular complexity index is 1160. The van der Waals surface area contributed by atoms with Gasteiger partial charge in [-0.2, -0.15) is 0 Å². The molecule has 4 amide bonds. The van der Waals surface area contributed by atoms with Gasteiger partial charge in [-0.05, 0) is 61.4 Å². The fraction of sp³-hybridized carbons (Fsp3) is 0.467. The van der Waals surface area contributed by atoms with Crippen LogP contribution in [0.25, 0.3) is 0 Å². The average molecular weight is 552 g/mol. The van der Waals surface area contributed by atoms with Crippen molar-refractivity contribution < 1.29 is 24.3 Å². The van der Waals surface area contributed by atoms with E-state index in [9.17, 15) is 24.3 Å². The highest BCUT2D eigenvalue weighted by molar-refractivity contribution is 6.06. The van der Waals surface area contributed by atoms with Gasteiger partial charge in [0.1, 0.15) is 23.9 Å². The second kappa shape index (κ2) is 14.6. The van der Waals surface area contributed by atoms with E-state index in [1.165, 1.54) is 12.1 Å². The Kier molecular flexibility index (Phi) is 11.2. The lowest BCUT2D eigenvalue weighted by atomic mass is 9.95. The third-order valence-electron chi connectivity index (χ3n) is 7.42. The Morgan fingerprint density at radius 3 is 2.27 bits per heavy atom. The summed E-state index contributed by atoms with van der Waals surface area (Å²) in [6.07, 6.45) is 2.16. The molecule has 216 valence electrons. The van der Waals surface area contributed by atoms with Gasteiger partial charge in [-0.1, -0.05) is 62.7 Å². The molecular weight excluding hydrogens is 510 g/mol. The van der Waals surface area contributed by atoms with Crippen molar-refractivity contribution in [3.8, 4) is 5.75 Å². The molecule has 1 fully saturated rings. The van der Waals surface area contributed by atoms with Gasteiger partial charge < -0.3 is 27.2 Å². The van der Waals surface area contributed by atoms with Crippen molar-refractivity contribution in [3.05, 3.63) is 65.7 Å². The first-order chi connectivity index (χ1) is 19.2. The predicted octanol–water partition coefficient (Wildman–Crippen LogP) is 1.39. The first-order valence-corrected chi connectivity index (χ1v) is 13.9. The zero-order valence-corrected chi connectivity index (χ0v) is 23.2. The molecule has 0 saturated carbocycles. The van der Waals surface area contributed by atoms with Gasteiger partial charge in [0, 0.05) is 6.42 Å². The lowest BCUT2D eigenvalue weighted by Crippen LogP contribution is -2.60. The number of imide groups is 1. The minimum absolute atomic E-state index is 0.0766. The van der Waals surface area contributed by atoms with E-state index in [0.29, 0.717) is 31.4 Å². The maximum Gasteiger partial charge on any atom is 0.252 e. The predicted molar refractivity (Wildman–Crippen MR) is 152 cm³/mol. The molecule has 1 saturated heterocycles. The first-order valence-electron chi connectivity index (χ1n) is 13.9. The van der Waals surface area contributed by atoms with Crippen molar-refractivity contribution >= 4 is 23.6 Å². The minimum Gasteiger partial charge on any atom is -0.508 e. The van der Waals surface area contributed by atoms with E-state index in [4.69, 9.17) is 11.5 Å². The van der Waals surface area contributed by atoms with Crippen molar-refractivity contribution in [1.29, 1.82) is 0 Å². The summed E-state index contributed by atoms with van der Waals surface area (Å²) < 4.78 is 0. The summed E-state index contributed by atoms with van der Waals surface area (Å²) in [7, 11) is 0. The molecule has 2 aromatic carbocycles. The molecule has 7 N–H and O–H groups in total. The van der Waals surface area contributed by atoms with Crippen LogP contribution in [-0.4, -0.2) is 64.3 Å². The highest BCUT2D eigenvalue weighted by atomic mass is 16.3. The Labute approximate surface area is 235 Å². The number of carbonyl (C=O) groups excluding carboxylic acids is 4. The molecule has 5 atom stereocenters. The number of phenols is 1. The third kappa shape index (κ3) is 7.89. The quantitative estimate of drug-likeness (QED) is 0.263. The van der Waals surface area contributed by atoms with Crippen LogP contribution >= 0.6 is 0 Å². The smallest absolute Gasteiger partial charge is 0.252 e. The lowest BCUT2D eigenvalue weighted by Gasteiger charge is -2.34. The van der Waals surface area contributed by atoms with E-state index in [1.807, 2.05) is 44.2 Å². The number of hydrogen-bond acceptors (Lipinski definition) is 7. The number of benzene rings is 2. The maximum absolute atomic E-state index is 14.1. The molecule has 0 radical (unpaired) electrons. The van der Waals surface area contributed by atoms with Gasteiger partial charge in [-0.25, -0.2) is 0 Å². The lowest BCUT2D eigenvalue weighted by molar-refractivity contribution is -0.155. The molecule has 1 aliphatic heterocycles. The summed E-state index contributed by atoms with van der Waals surface area (Å²) in [6, 6.07) is 11.3. The van der Waals surface area contributed by atoms with E-state index in [1.54, 1.807) is 12.1 Å². The number of aromatic hydroxyl groups is 1. The third-order valence-corrected chi connectivity index (χ3v) is 7.42. The average Bonchev–Trinajstić information content (AvgIpc) is 2.98. The Morgan fingerprint density at radius 1 is 0.975 bits per heavy atom. The van der Waals surface area contributed by atoms with Crippen molar-refractivity contribution in [1.82, 2.24) is 15.5 Å². The number of rotatable bonds is 11. The Balaban J connectivity index is 2.01. The van der Waals surface area contributed by atoms with E-state index in [-0.39, 0.29) is 30.9 Å². The van der Waals surface area contributed by atoms with Gasteiger partial charge >= 0.3 is 0 Å². The number of hydrogen-bond donors (Lipinski definition) is 5. The van der Waals surface area contributed by atoms with Crippen LogP contribution in [0.15, 0.2) is 54.6 Å². The van der Waals surface area contributed by atoms with Crippen LogP contribution in [0, 0.1) is 5.92 Å². The van der Waals surface area contributed by atoms with Gasteiger partial charge in [-0.3, -0.25) is 24.1 Å². The van der Waals surface area contributed by atoms with Crippen LogP contribution in [0.1, 0.15) is 50.7 Å². The zero-order valence-electron chi connectivity index (χ0n) is 23.2. The number of carbonyl (C=O) groups is 4. The van der Waals surface area contributed by atoms with Crippen LogP contribution < -0.4 is 22.1 Å². The van der Waals surface area contributed by atoms with Gasteiger partial charge in [0.15, 0.2) is 0 Å². The molecule has 1 heterocycles. The Hall–Kier alpha value is -3.76. The van der Waals surface area contributed by atoms with Gasteiger partial charge in [-0.15, -0.1) is 0 Å². The summed E-state index contributed by atoms with van der Waals surface area (Å²) >= 11 is 0. The summed E-state index contributed by atoms with van der Waals surface area (Å²) in [5, 5.41) is 15.2. The summed E-state index contributed by atoms with van der Waals surface area (Å²) in [5.41, 5.74) is 13.6. The highest BCUT2D eigenvalue weighted by Gasteiger charge is 2.44. The highest BCUT2D eigenvalue weighted by Crippen LogP contribution is 2.21. The van der Waals surface area contributed by atoms with E-state index in [2.05, 4.69) is 10.6 Å². The number of phenolic OH excluding ortho intramolecular Hbond substituents is 1. The van der Waals surface area contributed by atoms with Crippen LogP contribution in [0.4, 0.5) is 0 Å². The van der Waals surface area contributed by atoms with Crippen LogP contribution in [0.2, 0.25) is 0 Å². The summed E-state index contributed by atoms with van der Waals surface area (Å²) in [4.78, 5) is 56.1. The molecule has 40 heavy (non-hydrogen) atoms. The SMILES string of the molecule is CC[C@@H](C)[C@H]1NC(=O)[C@H](Cc2ccccc2)NC(=O)[C@H](CCCCN)N(C(=O)[C@@H](N)Cc2ccc(O)cc2)C1=O. The first kappa shape index (κ1) is 30.8. The van der Waals surface area contributed by atoms with Crippen LogP contribution in [0.3, 0.4) is 0 Å². The molecule has 0 aliphatic carbocycles. The molecule has 1 aliphatic rings. The molecule has 0 bridgehead atoms. The Morgan fingerprint density at radius 2 is 1.65 bits per heavy atom. The molecule has 0 unspecified atom stereocenters. The zero-order chi connectivity index (χ0) is 29.2. The number of amides is 4. The number of nitrogens with zero attached hydrogens (tertiary/aromatic N) is 1. The van der Waals surface area contributed by atoms with Crippen LogP contribution in [-0.2, 0) is 32.0 Å². The molecule has 10 nitrogen and oxygen atoms in total. The van der Waals surface area contributed by atoms with Crippen molar-refractivity contribution in [2.45, 2.75) is 76.5 Å². The standard InChI is InChI=1S/C30H41N5O5/c1-3-19(2)26-30(40)35(29(39)23(32)17-21-12-14-22(36)15-13-21)25(11-7-8-16-31)28(38)33-24(27(37)34-26)18-20-9-5-4-6-10-20/h4-6,9-10,12-15,19,23-26,36H,3,7-8,11,16-18,31-32H2,1-2H3,(H,33,38)(H,34,37)/t19-,23+,24+,25+,26-/m1/s1. The fourth-order valence-corrected chi connectivity index (χ4v) is 4.84. The fourth-order valence-electron chi connectivity index (χ4n) is 4.84. The van der Waals surface area contributed by atoms with E-state index < -0.39 is 47.8 Å². The largest absolute Gasteiger partial charge is 0.508 e. The van der Waals surface area contributed by atoms with E-state index >= 15 is 0 Å². The van der Waals surface area contributed by atoms with Crippen molar-refractivity contribution in [3.63, 3.8) is 0 Å². The molecule has 10 heteroatoms. The van der Waals surface area contributed by atoms with Gasteiger partial charge in [0.2, 0.25) is 17.7 Å². The normalized spacial score (nSPS) is 21.4. The molecule has 0 spiro atoms. The molecule has 0 aromatic heterocycles. The molecular formula is C30H41N5O5. The van der Waals surface area contributed by atoms with Gasteiger partial charge in [0.05, 0.1) is 6.04 Å².